The molecule has 0 bridgehead atoms. The van der Waals surface area contributed by atoms with Gasteiger partial charge in [-0.15, -0.1) is 11.3 Å². The highest BCUT2D eigenvalue weighted by atomic mass is 32.1. The molecule has 2 saturated heterocycles. The van der Waals surface area contributed by atoms with Crippen LogP contribution in [0.1, 0.15) is 45.2 Å². The third-order valence-corrected chi connectivity index (χ3v) is 6.36. The number of para-hydroxylation sites is 1. The van der Waals surface area contributed by atoms with Crippen LogP contribution < -0.4 is 5.32 Å². The Balaban J connectivity index is 1.45. The van der Waals surface area contributed by atoms with Crippen molar-refractivity contribution in [1.82, 2.24) is 4.98 Å². The van der Waals surface area contributed by atoms with E-state index < -0.39 is 29.1 Å². The molecule has 0 saturated carbocycles. The molecule has 2 aromatic rings. The van der Waals surface area contributed by atoms with Gasteiger partial charge in [0, 0.05) is 30.5 Å². The first-order chi connectivity index (χ1) is 14.4. The number of esters is 2. The molecule has 0 aliphatic carbocycles. The molecule has 1 N–H and O–H groups in total. The maximum absolute atomic E-state index is 12.8. The summed E-state index contributed by atoms with van der Waals surface area (Å²) >= 11 is 1.43. The standard InChI is InChI=1S/C22H26N2O5S/c1-3-4-10-27-12-16-11-22(18(25)28-16)14-21(2,29-19(22)26)17-13-30-20(24-17)23-15-8-6-5-7-9-15/h5-9,13,16H,3-4,10-12,14H2,1-2H3,(H,23,24)/t16-,21-,22+/m1/s1. The van der Waals surface area contributed by atoms with Crippen molar-refractivity contribution < 1.29 is 23.8 Å². The Morgan fingerprint density at radius 2 is 2.07 bits per heavy atom. The summed E-state index contributed by atoms with van der Waals surface area (Å²) in [6, 6.07) is 9.72. The third kappa shape index (κ3) is 3.94. The third-order valence-electron chi connectivity index (χ3n) is 5.61. The molecule has 1 aromatic heterocycles. The van der Waals surface area contributed by atoms with E-state index in [0.717, 1.165) is 18.5 Å². The number of hydrogen-bond donors (Lipinski definition) is 1. The highest BCUT2D eigenvalue weighted by molar-refractivity contribution is 7.13. The molecule has 0 amide bonds. The smallest absolute Gasteiger partial charge is 0.324 e. The van der Waals surface area contributed by atoms with Crippen LogP contribution in [0.3, 0.4) is 0 Å². The maximum Gasteiger partial charge on any atom is 0.324 e. The van der Waals surface area contributed by atoms with Gasteiger partial charge < -0.3 is 19.5 Å². The Kier molecular flexibility index (Phi) is 5.79. The van der Waals surface area contributed by atoms with Crippen molar-refractivity contribution in [3.8, 4) is 0 Å². The number of rotatable bonds is 8. The van der Waals surface area contributed by atoms with E-state index >= 15 is 0 Å². The summed E-state index contributed by atoms with van der Waals surface area (Å²) in [6.45, 7) is 4.82. The number of unbranched alkanes of at least 4 members (excludes halogenated alkanes) is 1. The monoisotopic (exact) mass is 430 g/mol. The first-order valence-electron chi connectivity index (χ1n) is 10.3. The van der Waals surface area contributed by atoms with E-state index in [4.69, 9.17) is 14.2 Å². The second-order valence-corrected chi connectivity index (χ2v) is 8.93. The summed E-state index contributed by atoms with van der Waals surface area (Å²) < 4.78 is 16.8. The molecule has 1 spiro atoms. The Morgan fingerprint density at radius 1 is 1.27 bits per heavy atom. The number of thiazole rings is 1. The van der Waals surface area contributed by atoms with E-state index in [9.17, 15) is 9.59 Å². The van der Waals surface area contributed by atoms with Gasteiger partial charge in [0.05, 0.1) is 12.3 Å². The lowest BCUT2D eigenvalue weighted by molar-refractivity contribution is -0.160. The van der Waals surface area contributed by atoms with Crippen molar-refractivity contribution in [3.63, 3.8) is 0 Å². The number of benzene rings is 1. The van der Waals surface area contributed by atoms with Crippen LogP contribution in [0, 0.1) is 5.41 Å². The van der Waals surface area contributed by atoms with Crippen LogP contribution >= 0.6 is 11.3 Å². The molecule has 4 rings (SSSR count). The summed E-state index contributed by atoms with van der Waals surface area (Å²) in [5, 5.41) is 5.81. The largest absolute Gasteiger partial charge is 0.459 e. The second-order valence-electron chi connectivity index (χ2n) is 8.07. The normalized spacial score (nSPS) is 28.0. The van der Waals surface area contributed by atoms with Crippen LogP contribution in [0.25, 0.3) is 0 Å². The number of carbonyl (C=O) groups excluding carboxylic acids is 2. The highest BCUT2D eigenvalue weighted by Gasteiger charge is 2.65. The molecule has 3 heterocycles. The average Bonchev–Trinajstić information content (AvgIpc) is 3.38. The molecule has 2 aliphatic rings. The van der Waals surface area contributed by atoms with E-state index in [2.05, 4.69) is 17.2 Å². The number of nitrogens with zero attached hydrogens (tertiary/aromatic N) is 1. The molecule has 7 nitrogen and oxygen atoms in total. The molecule has 160 valence electrons. The Labute approximate surface area is 179 Å². The Morgan fingerprint density at radius 3 is 2.83 bits per heavy atom. The first kappa shape index (κ1) is 20.8. The van der Waals surface area contributed by atoms with Crippen molar-refractivity contribution in [3.05, 3.63) is 41.4 Å². The number of carbonyl (C=O) groups is 2. The number of cyclic esters (lactones) is 2. The van der Waals surface area contributed by atoms with Gasteiger partial charge in [-0.05, 0) is 25.5 Å². The molecule has 2 aliphatic heterocycles. The van der Waals surface area contributed by atoms with Gasteiger partial charge in [0.2, 0.25) is 0 Å². The van der Waals surface area contributed by atoms with Crippen LogP contribution in [0.15, 0.2) is 35.7 Å². The minimum atomic E-state index is -1.27. The van der Waals surface area contributed by atoms with E-state index in [-0.39, 0.29) is 12.8 Å². The zero-order valence-corrected chi connectivity index (χ0v) is 18.0. The van der Waals surface area contributed by atoms with Gasteiger partial charge in [-0.3, -0.25) is 9.59 Å². The quantitative estimate of drug-likeness (QED) is 0.382. The van der Waals surface area contributed by atoms with E-state index in [1.807, 2.05) is 35.7 Å². The van der Waals surface area contributed by atoms with Crippen LogP contribution in [-0.4, -0.2) is 36.2 Å². The van der Waals surface area contributed by atoms with Crippen molar-refractivity contribution in [2.24, 2.45) is 5.41 Å². The number of nitrogens with one attached hydrogen (secondary N) is 1. The molecule has 30 heavy (non-hydrogen) atoms. The van der Waals surface area contributed by atoms with Crippen molar-refractivity contribution >= 4 is 34.1 Å². The lowest BCUT2D eigenvalue weighted by Crippen LogP contribution is -2.32. The second kappa shape index (κ2) is 8.35. The lowest BCUT2D eigenvalue weighted by atomic mass is 9.78. The zero-order chi connectivity index (χ0) is 21.2. The number of ether oxygens (including phenoxy) is 3. The van der Waals surface area contributed by atoms with Gasteiger partial charge in [-0.25, -0.2) is 4.98 Å². The fraction of sp³-hybridized carbons (Fsp3) is 0.500. The fourth-order valence-electron chi connectivity index (χ4n) is 3.99. The Hall–Kier alpha value is -2.45. The van der Waals surface area contributed by atoms with E-state index in [1.54, 1.807) is 6.92 Å². The molecule has 1 aromatic carbocycles. The van der Waals surface area contributed by atoms with Gasteiger partial charge in [0.15, 0.2) is 16.1 Å². The SMILES string of the molecule is CCCCOC[C@H]1C[C@]2(C[C@](C)(c3csc(Nc4ccccc4)n3)OC2=O)C(=O)O1. The summed E-state index contributed by atoms with van der Waals surface area (Å²) in [7, 11) is 0. The molecular formula is C22H26N2O5S. The zero-order valence-electron chi connectivity index (χ0n) is 17.2. The molecule has 3 atom stereocenters. The molecule has 0 radical (unpaired) electrons. The van der Waals surface area contributed by atoms with Crippen molar-refractivity contribution in [1.29, 1.82) is 0 Å². The van der Waals surface area contributed by atoms with Gasteiger partial charge in [0.25, 0.3) is 0 Å². The van der Waals surface area contributed by atoms with Gasteiger partial charge in [-0.1, -0.05) is 31.5 Å². The number of hydrogen-bond acceptors (Lipinski definition) is 8. The van der Waals surface area contributed by atoms with Crippen molar-refractivity contribution in [2.75, 3.05) is 18.5 Å². The predicted molar refractivity (Wildman–Crippen MR) is 113 cm³/mol. The van der Waals surface area contributed by atoms with Gasteiger partial charge >= 0.3 is 11.9 Å². The maximum atomic E-state index is 12.8. The van der Waals surface area contributed by atoms with Gasteiger partial charge in [0.1, 0.15) is 6.10 Å². The molecule has 2 fully saturated rings. The molecular weight excluding hydrogens is 404 g/mol. The van der Waals surface area contributed by atoms with Crippen LogP contribution in [0.4, 0.5) is 10.8 Å². The highest BCUT2D eigenvalue weighted by Crippen LogP contribution is 2.52. The molecule has 0 unspecified atom stereocenters. The van der Waals surface area contributed by atoms with E-state index in [1.165, 1.54) is 11.3 Å². The minimum Gasteiger partial charge on any atom is -0.459 e. The van der Waals surface area contributed by atoms with Crippen LogP contribution in [0.5, 0.6) is 0 Å². The van der Waals surface area contributed by atoms with Crippen LogP contribution in [0.2, 0.25) is 0 Å². The summed E-state index contributed by atoms with van der Waals surface area (Å²) in [5.41, 5.74) is -0.689. The minimum absolute atomic E-state index is 0.220. The van der Waals surface area contributed by atoms with Crippen LogP contribution in [-0.2, 0) is 29.4 Å². The summed E-state index contributed by atoms with van der Waals surface area (Å²) in [5.74, 6) is -1.05. The predicted octanol–water partition coefficient (Wildman–Crippen LogP) is 4.17. The average molecular weight is 431 g/mol. The van der Waals surface area contributed by atoms with E-state index in [0.29, 0.717) is 24.0 Å². The Bertz CT molecular complexity index is 917. The van der Waals surface area contributed by atoms with Crippen molar-refractivity contribution in [2.45, 2.75) is 51.2 Å². The topological polar surface area (TPSA) is 86.8 Å². The summed E-state index contributed by atoms with van der Waals surface area (Å²) in [6.07, 6.45) is 2.07. The first-order valence-corrected chi connectivity index (χ1v) is 11.1. The molecule has 8 heteroatoms. The lowest BCUT2D eigenvalue weighted by Gasteiger charge is -2.20. The van der Waals surface area contributed by atoms with Gasteiger partial charge in [-0.2, -0.15) is 0 Å². The number of aromatic nitrogens is 1. The fourth-order valence-corrected chi connectivity index (χ4v) is 4.84. The summed E-state index contributed by atoms with van der Waals surface area (Å²) in [4.78, 5) is 30.1. The number of anilines is 2.